The number of hydrogen-bond acceptors (Lipinski definition) is 4. The highest BCUT2D eigenvalue weighted by Gasteiger charge is 2.14. The second-order valence-electron chi connectivity index (χ2n) is 6.38. The van der Waals surface area contributed by atoms with Crippen molar-refractivity contribution in [3.8, 4) is 5.75 Å². The Morgan fingerprint density at radius 1 is 0.967 bits per heavy atom. The Morgan fingerprint density at radius 2 is 1.70 bits per heavy atom. The lowest BCUT2D eigenvalue weighted by atomic mass is 10.2. The number of halogens is 1. The number of benzene rings is 3. The molecule has 7 heteroatoms. The summed E-state index contributed by atoms with van der Waals surface area (Å²) < 4.78 is 5.84. The Labute approximate surface area is 179 Å². The van der Waals surface area contributed by atoms with Gasteiger partial charge in [0.05, 0.1) is 6.21 Å². The van der Waals surface area contributed by atoms with Crippen molar-refractivity contribution >= 4 is 35.3 Å². The zero-order valence-corrected chi connectivity index (χ0v) is 17.0. The van der Waals surface area contributed by atoms with Crippen LogP contribution in [-0.2, 0) is 16.2 Å². The number of nitrogens with zero attached hydrogens (tertiary/aromatic N) is 1. The lowest BCUT2D eigenvalue weighted by molar-refractivity contribution is -0.136. The highest BCUT2D eigenvalue weighted by molar-refractivity contribution is 6.40. The number of carbonyl (C=O) groups excluding carboxylic acids is 2. The minimum absolute atomic E-state index is 0.402. The van der Waals surface area contributed by atoms with Gasteiger partial charge in [0.25, 0.3) is 0 Å². The van der Waals surface area contributed by atoms with Crippen molar-refractivity contribution < 1.29 is 14.3 Å². The summed E-state index contributed by atoms with van der Waals surface area (Å²) >= 11 is 6.02. The third kappa shape index (κ3) is 5.68. The van der Waals surface area contributed by atoms with Crippen LogP contribution in [-0.4, -0.2) is 18.0 Å². The van der Waals surface area contributed by atoms with E-state index in [0.717, 1.165) is 5.56 Å². The first-order chi connectivity index (χ1) is 14.5. The van der Waals surface area contributed by atoms with Crippen LogP contribution in [0.4, 0.5) is 5.69 Å². The number of rotatable bonds is 6. The normalized spacial score (nSPS) is 10.6. The molecule has 0 heterocycles. The summed E-state index contributed by atoms with van der Waals surface area (Å²) in [6.07, 6.45) is 1.43. The average molecular weight is 422 g/mol. The minimum Gasteiger partial charge on any atom is -0.488 e. The molecular formula is C23H20ClN3O3. The number of anilines is 1. The van der Waals surface area contributed by atoms with Crippen molar-refractivity contribution in [3.63, 3.8) is 0 Å². The Kier molecular flexibility index (Phi) is 7.19. The lowest BCUT2D eigenvalue weighted by Gasteiger charge is -2.09. The summed E-state index contributed by atoms with van der Waals surface area (Å²) in [6.45, 7) is 2.15. The molecule has 2 amide bonds. The second kappa shape index (κ2) is 10.2. The van der Waals surface area contributed by atoms with Crippen LogP contribution in [0.1, 0.15) is 16.7 Å². The van der Waals surface area contributed by atoms with E-state index < -0.39 is 11.8 Å². The molecule has 6 nitrogen and oxygen atoms in total. The fourth-order valence-electron chi connectivity index (χ4n) is 2.59. The number of amides is 2. The van der Waals surface area contributed by atoms with Gasteiger partial charge in [-0.3, -0.25) is 9.59 Å². The summed E-state index contributed by atoms with van der Waals surface area (Å²) in [5.41, 5.74) is 5.05. The summed E-state index contributed by atoms with van der Waals surface area (Å²) in [5, 5.41) is 6.88. The smallest absolute Gasteiger partial charge is 0.329 e. The molecule has 3 aromatic carbocycles. The third-order valence-corrected chi connectivity index (χ3v) is 4.66. The molecule has 0 unspecified atom stereocenters. The van der Waals surface area contributed by atoms with Crippen LogP contribution in [0.15, 0.2) is 77.9 Å². The molecule has 0 aliphatic carbocycles. The molecule has 2 N–H and O–H groups in total. The molecule has 0 atom stereocenters. The summed E-state index contributed by atoms with van der Waals surface area (Å²) in [7, 11) is 0. The number of nitrogens with one attached hydrogen (secondary N) is 2. The van der Waals surface area contributed by atoms with E-state index in [1.54, 1.807) is 37.3 Å². The van der Waals surface area contributed by atoms with E-state index in [1.807, 2.05) is 42.5 Å². The van der Waals surface area contributed by atoms with Gasteiger partial charge in [-0.2, -0.15) is 5.10 Å². The van der Waals surface area contributed by atoms with E-state index in [-0.39, 0.29) is 0 Å². The zero-order chi connectivity index (χ0) is 21.3. The van der Waals surface area contributed by atoms with Crippen LogP contribution in [0.25, 0.3) is 0 Å². The quantitative estimate of drug-likeness (QED) is 0.353. The van der Waals surface area contributed by atoms with E-state index in [4.69, 9.17) is 16.3 Å². The molecule has 0 radical (unpaired) electrons. The van der Waals surface area contributed by atoms with Crippen molar-refractivity contribution in [2.45, 2.75) is 13.5 Å². The maximum Gasteiger partial charge on any atom is 0.329 e. The number of para-hydroxylation sites is 1. The van der Waals surface area contributed by atoms with Crippen LogP contribution < -0.4 is 15.5 Å². The highest BCUT2D eigenvalue weighted by atomic mass is 35.5. The first kappa shape index (κ1) is 21.1. The van der Waals surface area contributed by atoms with Gasteiger partial charge >= 0.3 is 11.8 Å². The van der Waals surface area contributed by atoms with Crippen molar-refractivity contribution in [2.24, 2.45) is 5.10 Å². The molecular weight excluding hydrogens is 402 g/mol. The van der Waals surface area contributed by atoms with Gasteiger partial charge in [0.2, 0.25) is 0 Å². The van der Waals surface area contributed by atoms with E-state index in [2.05, 4.69) is 15.8 Å². The van der Waals surface area contributed by atoms with Gasteiger partial charge in [0.1, 0.15) is 12.4 Å². The predicted octanol–water partition coefficient (Wildman–Crippen LogP) is 4.32. The van der Waals surface area contributed by atoms with E-state index in [9.17, 15) is 9.59 Å². The molecule has 0 aromatic heterocycles. The van der Waals surface area contributed by atoms with Gasteiger partial charge < -0.3 is 10.1 Å². The van der Waals surface area contributed by atoms with Gasteiger partial charge in [-0.1, -0.05) is 60.1 Å². The second-order valence-corrected chi connectivity index (χ2v) is 6.78. The molecule has 0 saturated heterocycles. The Balaban J connectivity index is 1.59. The predicted molar refractivity (Wildman–Crippen MR) is 118 cm³/mol. The first-order valence-electron chi connectivity index (χ1n) is 9.20. The molecule has 0 bridgehead atoms. The van der Waals surface area contributed by atoms with E-state index in [1.165, 1.54) is 6.21 Å². The zero-order valence-electron chi connectivity index (χ0n) is 16.3. The van der Waals surface area contributed by atoms with Crippen LogP contribution in [0, 0.1) is 6.92 Å². The number of ether oxygens (including phenoxy) is 1. The summed E-state index contributed by atoms with van der Waals surface area (Å²) in [6, 6.07) is 22.1. The third-order valence-electron chi connectivity index (χ3n) is 4.25. The molecule has 3 aromatic rings. The van der Waals surface area contributed by atoms with Gasteiger partial charge in [0.15, 0.2) is 0 Å². The fourth-order valence-corrected chi connectivity index (χ4v) is 2.76. The lowest BCUT2D eigenvalue weighted by Crippen LogP contribution is -2.32. The minimum atomic E-state index is -0.895. The Hall–Kier alpha value is -3.64. The standard InChI is InChI=1S/C23H20ClN3O3/c1-16-19(24)11-7-12-20(16)26-22(28)23(29)27-25-14-18-10-5-6-13-21(18)30-15-17-8-3-2-4-9-17/h2-14H,15H2,1H3,(H,26,28)(H,27,29). The monoisotopic (exact) mass is 421 g/mol. The van der Waals surface area contributed by atoms with Crippen molar-refractivity contribution in [1.82, 2.24) is 5.43 Å². The Bertz CT molecular complexity index is 1070. The van der Waals surface area contributed by atoms with Gasteiger partial charge in [-0.15, -0.1) is 0 Å². The van der Waals surface area contributed by atoms with E-state index >= 15 is 0 Å². The Morgan fingerprint density at radius 3 is 2.50 bits per heavy atom. The molecule has 0 saturated carbocycles. The van der Waals surface area contributed by atoms with Crippen molar-refractivity contribution in [1.29, 1.82) is 0 Å². The number of carbonyl (C=O) groups is 2. The molecule has 152 valence electrons. The molecule has 0 spiro atoms. The van der Waals surface area contributed by atoms with Gasteiger partial charge in [-0.05, 0) is 42.3 Å². The fraction of sp³-hybridized carbons (Fsp3) is 0.0870. The highest BCUT2D eigenvalue weighted by Crippen LogP contribution is 2.22. The van der Waals surface area contributed by atoms with E-state index in [0.29, 0.717) is 34.2 Å². The SMILES string of the molecule is Cc1c(Cl)cccc1NC(=O)C(=O)NN=Cc1ccccc1OCc1ccccc1. The summed E-state index contributed by atoms with van der Waals surface area (Å²) in [5.74, 6) is -1.13. The van der Waals surface area contributed by atoms with Crippen LogP contribution >= 0.6 is 11.6 Å². The van der Waals surface area contributed by atoms with Gasteiger partial charge in [0, 0.05) is 16.3 Å². The van der Waals surface area contributed by atoms with Crippen LogP contribution in [0.5, 0.6) is 5.75 Å². The topological polar surface area (TPSA) is 79.8 Å². The van der Waals surface area contributed by atoms with Crippen LogP contribution in [0.3, 0.4) is 0 Å². The maximum atomic E-state index is 12.1. The maximum absolute atomic E-state index is 12.1. The van der Waals surface area contributed by atoms with Gasteiger partial charge in [-0.25, -0.2) is 5.43 Å². The number of hydrogen-bond donors (Lipinski definition) is 2. The average Bonchev–Trinajstić information content (AvgIpc) is 2.77. The molecule has 0 fully saturated rings. The molecule has 0 aliphatic heterocycles. The van der Waals surface area contributed by atoms with Crippen LogP contribution in [0.2, 0.25) is 5.02 Å². The molecule has 30 heavy (non-hydrogen) atoms. The van der Waals surface area contributed by atoms with Crippen molar-refractivity contribution in [2.75, 3.05) is 5.32 Å². The summed E-state index contributed by atoms with van der Waals surface area (Å²) in [4.78, 5) is 24.1. The molecule has 3 rings (SSSR count). The first-order valence-corrected chi connectivity index (χ1v) is 9.57. The van der Waals surface area contributed by atoms with Crippen molar-refractivity contribution in [3.05, 3.63) is 94.5 Å². The number of hydrazone groups is 1. The largest absolute Gasteiger partial charge is 0.488 e. The molecule has 0 aliphatic rings.